The van der Waals surface area contributed by atoms with Gasteiger partial charge in [0.2, 0.25) is 21.1 Å². The number of thioether (sulfide) groups is 1. The second kappa shape index (κ2) is 7.49. The van der Waals surface area contributed by atoms with Crippen LogP contribution in [-0.4, -0.2) is 43.1 Å². The van der Waals surface area contributed by atoms with E-state index in [1.54, 1.807) is 24.3 Å². The number of sulfonamides is 1. The van der Waals surface area contributed by atoms with Crippen molar-refractivity contribution in [2.24, 2.45) is 0 Å². The van der Waals surface area contributed by atoms with Crippen LogP contribution in [0.15, 0.2) is 28.6 Å². The molecule has 1 heterocycles. The molecule has 0 aliphatic rings. The first-order valence-corrected chi connectivity index (χ1v) is 10.9. The fraction of sp³-hybridized carbons (Fsp3) is 0.357. The Kier molecular flexibility index (Phi) is 5.83. The molecule has 1 amide bonds. The second-order valence-electron chi connectivity index (χ2n) is 5.14. The normalized spacial score (nSPS) is 12.7. The number of amides is 1. The van der Waals surface area contributed by atoms with Gasteiger partial charge < -0.3 is 0 Å². The summed E-state index contributed by atoms with van der Waals surface area (Å²) in [7, 11) is -3.63. The number of rotatable bonds is 6. The van der Waals surface area contributed by atoms with E-state index >= 15 is 0 Å². The summed E-state index contributed by atoms with van der Waals surface area (Å²) in [6, 6.07) is 6.03. The molecule has 0 saturated heterocycles. The number of benzene rings is 1. The Morgan fingerprint density at radius 2 is 1.92 bits per heavy atom. The molecule has 10 heteroatoms. The summed E-state index contributed by atoms with van der Waals surface area (Å²) in [6.07, 6.45) is 2.94. The van der Waals surface area contributed by atoms with Crippen molar-refractivity contribution in [1.29, 1.82) is 0 Å². The Balaban J connectivity index is 2.25. The minimum atomic E-state index is -3.63. The highest BCUT2D eigenvalue weighted by Crippen LogP contribution is 2.25. The molecule has 0 radical (unpaired) electrons. The van der Waals surface area contributed by atoms with Crippen molar-refractivity contribution < 1.29 is 13.2 Å². The summed E-state index contributed by atoms with van der Waals surface area (Å²) in [4.78, 5) is 12.5. The molecular formula is C14H18N4O3S3. The molecular weight excluding hydrogens is 368 g/mol. The summed E-state index contributed by atoms with van der Waals surface area (Å²) in [5.41, 5.74) is 1.44. The standard InChI is InChI=1S/C14H18N4O3S3/c1-9-5-7-11(8-6-9)18(24(4,20)21)10(2)12(19)15-13-16-17-14(22-3)23-13/h5-8,10H,1-4H3,(H,15,16,19). The number of nitrogens with zero attached hydrogens (tertiary/aromatic N) is 3. The first kappa shape index (κ1) is 18.7. The number of aromatic nitrogens is 2. The van der Waals surface area contributed by atoms with Crippen LogP contribution in [0.25, 0.3) is 0 Å². The van der Waals surface area contributed by atoms with Gasteiger partial charge in [0, 0.05) is 0 Å². The van der Waals surface area contributed by atoms with Gasteiger partial charge in [-0.1, -0.05) is 40.8 Å². The predicted molar refractivity (Wildman–Crippen MR) is 98.3 cm³/mol. The molecule has 1 unspecified atom stereocenters. The van der Waals surface area contributed by atoms with E-state index in [4.69, 9.17) is 0 Å². The van der Waals surface area contributed by atoms with Crippen molar-refractivity contribution in [2.45, 2.75) is 24.2 Å². The molecule has 0 bridgehead atoms. The molecule has 1 aromatic heterocycles. The Labute approximate surface area is 149 Å². The van der Waals surface area contributed by atoms with E-state index in [9.17, 15) is 13.2 Å². The van der Waals surface area contributed by atoms with Crippen molar-refractivity contribution in [3.05, 3.63) is 29.8 Å². The number of hydrogen-bond acceptors (Lipinski definition) is 7. The lowest BCUT2D eigenvalue weighted by molar-refractivity contribution is -0.116. The summed E-state index contributed by atoms with van der Waals surface area (Å²) < 4.78 is 26.2. The van der Waals surface area contributed by atoms with Gasteiger partial charge in [0.05, 0.1) is 11.9 Å². The van der Waals surface area contributed by atoms with Gasteiger partial charge in [-0.15, -0.1) is 10.2 Å². The summed E-state index contributed by atoms with van der Waals surface area (Å²) in [5, 5.41) is 10.7. The maximum Gasteiger partial charge on any atom is 0.249 e. The van der Waals surface area contributed by atoms with Crippen LogP contribution < -0.4 is 9.62 Å². The largest absolute Gasteiger partial charge is 0.299 e. The molecule has 0 aliphatic heterocycles. The molecule has 24 heavy (non-hydrogen) atoms. The lowest BCUT2D eigenvalue weighted by atomic mass is 10.2. The van der Waals surface area contributed by atoms with Crippen molar-refractivity contribution in [2.75, 3.05) is 22.1 Å². The summed E-state index contributed by atoms with van der Waals surface area (Å²) >= 11 is 2.66. The highest BCUT2D eigenvalue weighted by molar-refractivity contribution is 8.00. The molecule has 1 atom stereocenters. The maximum atomic E-state index is 12.5. The van der Waals surface area contributed by atoms with Crippen LogP contribution in [-0.2, 0) is 14.8 Å². The smallest absolute Gasteiger partial charge is 0.249 e. The van der Waals surface area contributed by atoms with E-state index in [2.05, 4.69) is 15.5 Å². The molecule has 0 aliphatic carbocycles. The minimum absolute atomic E-state index is 0.341. The Hall–Kier alpha value is -1.65. The monoisotopic (exact) mass is 386 g/mol. The van der Waals surface area contributed by atoms with Crippen LogP contribution in [0.5, 0.6) is 0 Å². The highest BCUT2D eigenvalue weighted by atomic mass is 32.2. The number of carbonyl (C=O) groups is 1. The quantitative estimate of drug-likeness (QED) is 0.605. The van der Waals surface area contributed by atoms with Crippen molar-refractivity contribution in [3.63, 3.8) is 0 Å². The highest BCUT2D eigenvalue weighted by Gasteiger charge is 2.29. The van der Waals surface area contributed by atoms with E-state index in [-0.39, 0.29) is 0 Å². The zero-order valence-corrected chi connectivity index (χ0v) is 16.1. The van der Waals surface area contributed by atoms with Crippen molar-refractivity contribution in [1.82, 2.24) is 10.2 Å². The van der Waals surface area contributed by atoms with Gasteiger partial charge in [-0.2, -0.15) is 0 Å². The van der Waals surface area contributed by atoms with Crippen molar-refractivity contribution in [3.8, 4) is 0 Å². The van der Waals surface area contributed by atoms with Crippen LogP contribution in [0.2, 0.25) is 0 Å². The molecule has 130 valence electrons. The minimum Gasteiger partial charge on any atom is -0.299 e. The van der Waals surface area contributed by atoms with E-state index in [1.165, 1.54) is 30.0 Å². The fourth-order valence-electron chi connectivity index (χ4n) is 2.05. The second-order valence-corrected chi connectivity index (χ2v) is 9.03. The third kappa shape index (κ3) is 4.46. The molecule has 0 spiro atoms. The van der Waals surface area contributed by atoms with Gasteiger partial charge in [-0.05, 0) is 32.2 Å². The van der Waals surface area contributed by atoms with Gasteiger partial charge in [-0.3, -0.25) is 14.4 Å². The zero-order valence-electron chi connectivity index (χ0n) is 13.7. The number of aryl methyl sites for hydroxylation is 1. The number of anilines is 2. The van der Waals surface area contributed by atoms with Crippen molar-refractivity contribution >= 4 is 49.8 Å². The first-order valence-electron chi connectivity index (χ1n) is 6.97. The predicted octanol–water partition coefficient (Wildman–Crippen LogP) is 2.36. The van der Waals surface area contributed by atoms with Gasteiger partial charge in [0.1, 0.15) is 6.04 Å². The summed E-state index contributed by atoms with van der Waals surface area (Å²) in [5.74, 6) is -0.468. The van der Waals surface area contributed by atoms with Crippen LogP contribution in [0.4, 0.5) is 10.8 Å². The molecule has 2 rings (SSSR count). The fourth-order valence-corrected chi connectivity index (χ4v) is 4.40. The topological polar surface area (TPSA) is 92.3 Å². The van der Waals surface area contributed by atoms with Gasteiger partial charge in [-0.25, -0.2) is 8.42 Å². The van der Waals surface area contributed by atoms with E-state index in [0.717, 1.165) is 20.5 Å². The van der Waals surface area contributed by atoms with Crippen LogP contribution >= 0.6 is 23.1 Å². The average Bonchev–Trinajstić information content (AvgIpc) is 2.95. The number of hydrogen-bond donors (Lipinski definition) is 1. The van der Waals surface area contributed by atoms with Crippen LogP contribution in [0.3, 0.4) is 0 Å². The molecule has 0 saturated carbocycles. The van der Waals surface area contributed by atoms with E-state index in [0.29, 0.717) is 10.8 Å². The SMILES string of the molecule is CSc1nnc(NC(=O)C(C)N(c2ccc(C)cc2)S(C)(=O)=O)s1. The maximum absolute atomic E-state index is 12.5. The molecule has 2 aromatic rings. The third-order valence-corrected chi connectivity index (χ3v) is 6.24. The van der Waals surface area contributed by atoms with Gasteiger partial charge in [0.25, 0.3) is 0 Å². The molecule has 1 aromatic carbocycles. The van der Waals surface area contributed by atoms with Crippen LogP contribution in [0, 0.1) is 6.92 Å². The summed E-state index contributed by atoms with van der Waals surface area (Å²) in [6.45, 7) is 3.44. The Bertz CT molecular complexity index is 818. The van der Waals surface area contributed by atoms with Crippen LogP contribution in [0.1, 0.15) is 12.5 Å². The lowest BCUT2D eigenvalue weighted by Gasteiger charge is -2.27. The zero-order chi connectivity index (χ0) is 17.9. The average molecular weight is 387 g/mol. The molecule has 1 N–H and O–H groups in total. The van der Waals surface area contributed by atoms with Gasteiger partial charge in [0.15, 0.2) is 4.34 Å². The third-order valence-electron chi connectivity index (χ3n) is 3.19. The lowest BCUT2D eigenvalue weighted by Crippen LogP contribution is -2.45. The Morgan fingerprint density at radius 1 is 1.29 bits per heavy atom. The van der Waals surface area contributed by atoms with E-state index in [1.807, 2.05) is 13.2 Å². The van der Waals surface area contributed by atoms with E-state index < -0.39 is 22.0 Å². The van der Waals surface area contributed by atoms with Gasteiger partial charge >= 0.3 is 0 Å². The Morgan fingerprint density at radius 3 is 2.42 bits per heavy atom. The first-order chi connectivity index (χ1) is 11.2. The molecule has 7 nitrogen and oxygen atoms in total. The molecule has 0 fully saturated rings. The number of nitrogens with one attached hydrogen (secondary N) is 1. The number of carbonyl (C=O) groups excluding carboxylic acids is 1.